The van der Waals surface area contributed by atoms with Crippen molar-refractivity contribution in [2.24, 2.45) is 11.3 Å². The van der Waals surface area contributed by atoms with Crippen LogP contribution in [0.3, 0.4) is 0 Å². The molecule has 0 aromatic heterocycles. The minimum atomic E-state index is -0.504. The topological polar surface area (TPSA) is 50.1 Å². The van der Waals surface area contributed by atoms with Crippen LogP contribution in [-0.2, 0) is 9.53 Å². The first-order valence-corrected chi connectivity index (χ1v) is 8.28. The van der Waals surface area contributed by atoms with Crippen molar-refractivity contribution in [1.82, 2.24) is 0 Å². The van der Waals surface area contributed by atoms with Crippen LogP contribution >= 0.6 is 0 Å². The van der Waals surface area contributed by atoms with Crippen molar-refractivity contribution in [1.29, 1.82) is 5.26 Å². The highest BCUT2D eigenvalue weighted by molar-refractivity contribution is 5.97. The van der Waals surface area contributed by atoms with Crippen molar-refractivity contribution in [3.63, 3.8) is 0 Å². The number of hydrogen-bond donors (Lipinski definition) is 0. The van der Waals surface area contributed by atoms with Crippen molar-refractivity contribution >= 4 is 12.0 Å². The molecule has 3 nitrogen and oxygen atoms in total. The number of nitrogens with zero attached hydrogens (tertiary/aromatic N) is 1. The second kappa shape index (κ2) is 7.46. The minimum absolute atomic E-state index is 0.0615. The van der Waals surface area contributed by atoms with Crippen molar-refractivity contribution in [2.45, 2.75) is 52.6 Å². The summed E-state index contributed by atoms with van der Waals surface area (Å²) < 4.78 is 5.55. The Morgan fingerprint density at radius 3 is 2.30 bits per heavy atom. The third kappa shape index (κ3) is 4.96. The summed E-state index contributed by atoms with van der Waals surface area (Å²) in [5.41, 5.74) is 1.20. The van der Waals surface area contributed by atoms with Gasteiger partial charge in [-0.3, -0.25) is 0 Å². The molecule has 1 saturated carbocycles. The fraction of sp³-hybridized carbons (Fsp3) is 0.500. The van der Waals surface area contributed by atoms with Gasteiger partial charge < -0.3 is 4.74 Å². The Morgan fingerprint density at radius 2 is 1.78 bits per heavy atom. The average molecular weight is 311 g/mol. The third-order valence-corrected chi connectivity index (χ3v) is 4.62. The largest absolute Gasteiger partial charge is 0.458 e. The number of carbonyl (C=O) groups is 1. The van der Waals surface area contributed by atoms with Crippen LogP contribution in [0.2, 0.25) is 0 Å². The van der Waals surface area contributed by atoms with Crippen molar-refractivity contribution in [3.05, 3.63) is 41.5 Å². The number of rotatable bonds is 3. The molecular weight excluding hydrogens is 286 g/mol. The Bertz CT molecular complexity index is 597. The van der Waals surface area contributed by atoms with E-state index in [4.69, 9.17) is 4.74 Å². The van der Waals surface area contributed by atoms with E-state index in [9.17, 15) is 10.1 Å². The molecule has 23 heavy (non-hydrogen) atoms. The van der Waals surface area contributed by atoms with Crippen molar-refractivity contribution in [3.8, 4) is 6.07 Å². The molecule has 0 spiro atoms. The minimum Gasteiger partial charge on any atom is -0.458 e. The summed E-state index contributed by atoms with van der Waals surface area (Å²) in [6.07, 6.45) is 5.45. The number of hydrogen-bond acceptors (Lipinski definition) is 3. The van der Waals surface area contributed by atoms with Gasteiger partial charge in [-0.25, -0.2) is 4.79 Å². The summed E-state index contributed by atoms with van der Waals surface area (Å²) in [7, 11) is 0. The first-order valence-electron chi connectivity index (χ1n) is 8.28. The van der Waals surface area contributed by atoms with Crippen LogP contribution in [0, 0.1) is 22.7 Å². The maximum Gasteiger partial charge on any atom is 0.349 e. The molecule has 0 aliphatic heterocycles. The molecule has 122 valence electrons. The van der Waals surface area contributed by atoms with Crippen molar-refractivity contribution in [2.75, 3.05) is 0 Å². The van der Waals surface area contributed by atoms with E-state index in [1.807, 2.05) is 36.4 Å². The standard InChI is InChI=1S/C20H25NO2/c1-20(2,3)17-9-11-18(12-10-17)23-19(22)16(14-21)13-15-7-5-4-6-8-15/h4-8,13,17-18H,9-12H2,1-3H3/b16-13-. The lowest BCUT2D eigenvalue weighted by molar-refractivity contribution is -0.145. The highest BCUT2D eigenvalue weighted by atomic mass is 16.5. The van der Waals surface area contributed by atoms with Gasteiger partial charge in [0.1, 0.15) is 17.7 Å². The molecule has 2 rings (SSSR count). The average Bonchev–Trinajstić information content (AvgIpc) is 2.53. The van der Waals surface area contributed by atoms with Gasteiger partial charge in [-0.05, 0) is 48.7 Å². The number of nitriles is 1. The second-order valence-corrected chi connectivity index (χ2v) is 7.33. The van der Waals surface area contributed by atoms with Crippen LogP contribution in [0.1, 0.15) is 52.0 Å². The zero-order valence-corrected chi connectivity index (χ0v) is 14.2. The van der Waals surface area contributed by atoms with Gasteiger partial charge >= 0.3 is 5.97 Å². The molecule has 1 aromatic carbocycles. The van der Waals surface area contributed by atoms with E-state index in [-0.39, 0.29) is 11.7 Å². The fourth-order valence-electron chi connectivity index (χ4n) is 3.11. The normalized spacial score (nSPS) is 22.3. The van der Waals surface area contributed by atoms with Gasteiger partial charge in [0, 0.05) is 0 Å². The van der Waals surface area contributed by atoms with E-state index in [1.54, 1.807) is 6.08 Å². The lowest BCUT2D eigenvalue weighted by Crippen LogP contribution is -2.30. The summed E-state index contributed by atoms with van der Waals surface area (Å²) >= 11 is 0. The van der Waals surface area contributed by atoms with E-state index >= 15 is 0 Å². The summed E-state index contributed by atoms with van der Waals surface area (Å²) in [6.45, 7) is 6.79. The first kappa shape index (κ1) is 17.3. The molecule has 0 saturated heterocycles. The van der Waals surface area contributed by atoms with Crippen LogP contribution in [-0.4, -0.2) is 12.1 Å². The third-order valence-electron chi connectivity index (χ3n) is 4.62. The molecule has 0 bridgehead atoms. The Kier molecular flexibility index (Phi) is 5.60. The Labute approximate surface area is 139 Å². The van der Waals surface area contributed by atoms with Gasteiger partial charge in [-0.2, -0.15) is 5.26 Å². The maximum absolute atomic E-state index is 12.2. The molecule has 0 amide bonds. The predicted octanol–water partition coefficient (Wildman–Crippen LogP) is 4.74. The first-order chi connectivity index (χ1) is 10.9. The molecule has 1 aliphatic carbocycles. The predicted molar refractivity (Wildman–Crippen MR) is 91.3 cm³/mol. The number of ether oxygens (including phenoxy) is 1. The van der Waals surface area contributed by atoms with Gasteiger partial charge in [-0.15, -0.1) is 0 Å². The second-order valence-electron chi connectivity index (χ2n) is 7.33. The van der Waals surface area contributed by atoms with E-state index in [1.165, 1.54) is 0 Å². The Hall–Kier alpha value is -2.08. The molecule has 0 N–H and O–H groups in total. The summed E-state index contributed by atoms with van der Waals surface area (Å²) in [4.78, 5) is 12.2. The van der Waals surface area contributed by atoms with Crippen LogP contribution in [0.15, 0.2) is 35.9 Å². The molecule has 0 unspecified atom stereocenters. The number of benzene rings is 1. The van der Waals surface area contributed by atoms with E-state index in [0.717, 1.165) is 31.2 Å². The zero-order chi connectivity index (χ0) is 16.9. The lowest BCUT2D eigenvalue weighted by atomic mass is 9.72. The van der Waals surface area contributed by atoms with Crippen LogP contribution in [0.5, 0.6) is 0 Å². The highest BCUT2D eigenvalue weighted by Crippen LogP contribution is 2.38. The van der Waals surface area contributed by atoms with Gasteiger partial charge in [0.25, 0.3) is 0 Å². The van der Waals surface area contributed by atoms with Gasteiger partial charge in [0.2, 0.25) is 0 Å². The Balaban J connectivity index is 1.94. The summed E-state index contributed by atoms with van der Waals surface area (Å²) in [6, 6.07) is 11.3. The molecule has 3 heteroatoms. The van der Waals surface area contributed by atoms with E-state index in [2.05, 4.69) is 20.8 Å². The van der Waals surface area contributed by atoms with Gasteiger partial charge in [0.05, 0.1) is 0 Å². The molecule has 1 aliphatic rings. The van der Waals surface area contributed by atoms with Crippen LogP contribution in [0.25, 0.3) is 6.08 Å². The molecular formula is C20H25NO2. The smallest absolute Gasteiger partial charge is 0.349 e. The molecule has 0 radical (unpaired) electrons. The maximum atomic E-state index is 12.2. The molecule has 1 fully saturated rings. The van der Waals surface area contributed by atoms with Crippen molar-refractivity contribution < 1.29 is 9.53 Å². The van der Waals surface area contributed by atoms with Gasteiger partial charge in [-0.1, -0.05) is 51.1 Å². The van der Waals surface area contributed by atoms with Crippen LogP contribution in [0.4, 0.5) is 0 Å². The monoisotopic (exact) mass is 311 g/mol. The quantitative estimate of drug-likeness (QED) is 0.460. The molecule has 0 atom stereocenters. The number of esters is 1. The number of carbonyl (C=O) groups excluding carboxylic acids is 1. The highest BCUT2D eigenvalue weighted by Gasteiger charge is 2.31. The van der Waals surface area contributed by atoms with E-state index in [0.29, 0.717) is 11.3 Å². The lowest BCUT2D eigenvalue weighted by Gasteiger charge is -2.36. The van der Waals surface area contributed by atoms with Gasteiger partial charge in [0.15, 0.2) is 0 Å². The van der Waals surface area contributed by atoms with E-state index < -0.39 is 5.97 Å². The SMILES string of the molecule is CC(C)(C)C1CCC(OC(=O)/C(C#N)=C\c2ccccc2)CC1. The zero-order valence-electron chi connectivity index (χ0n) is 14.2. The summed E-state index contributed by atoms with van der Waals surface area (Å²) in [5.74, 6) is 0.170. The molecule has 0 heterocycles. The summed E-state index contributed by atoms with van der Waals surface area (Å²) in [5, 5.41) is 9.22. The Morgan fingerprint density at radius 1 is 1.17 bits per heavy atom. The van der Waals surface area contributed by atoms with Crippen LogP contribution < -0.4 is 0 Å². The molecule has 1 aromatic rings. The fourth-order valence-corrected chi connectivity index (χ4v) is 3.11.